The molecule has 1 N–H and O–H groups in total. The van der Waals surface area contributed by atoms with Crippen molar-refractivity contribution in [1.29, 1.82) is 0 Å². The van der Waals surface area contributed by atoms with E-state index in [0.29, 0.717) is 0 Å². The van der Waals surface area contributed by atoms with Crippen LogP contribution in [-0.4, -0.2) is 16.6 Å². The molecule has 0 saturated carbocycles. The third-order valence-corrected chi connectivity index (χ3v) is 5.49. The van der Waals surface area contributed by atoms with Gasteiger partial charge in [-0.25, -0.2) is 4.98 Å². The van der Waals surface area contributed by atoms with Gasteiger partial charge in [0.25, 0.3) is 0 Å². The highest BCUT2D eigenvalue weighted by Crippen LogP contribution is 2.34. The smallest absolute Gasteiger partial charge is 0.131 e. The summed E-state index contributed by atoms with van der Waals surface area (Å²) in [6, 6.07) is 2.64. The number of rotatable bonds is 4. The molecule has 0 aliphatic heterocycles. The zero-order valence-corrected chi connectivity index (χ0v) is 13.2. The van der Waals surface area contributed by atoms with Crippen LogP contribution in [-0.2, 0) is 19.4 Å². The predicted molar refractivity (Wildman–Crippen MR) is 84.4 cm³/mol. The highest BCUT2D eigenvalue weighted by Gasteiger charge is 2.21. The van der Waals surface area contributed by atoms with Gasteiger partial charge in [0.1, 0.15) is 11.9 Å². The van der Waals surface area contributed by atoms with Crippen LogP contribution >= 0.6 is 11.3 Å². The Labute approximate surface area is 125 Å². The first-order valence-corrected chi connectivity index (χ1v) is 8.45. The molecule has 3 rings (SSSR count). The van der Waals surface area contributed by atoms with Gasteiger partial charge in [-0.3, -0.25) is 0 Å². The van der Waals surface area contributed by atoms with Gasteiger partial charge < -0.3 is 9.88 Å². The first-order valence-electron chi connectivity index (χ1n) is 7.63. The molecule has 0 saturated heterocycles. The number of imidazole rings is 1. The van der Waals surface area contributed by atoms with Crippen molar-refractivity contribution in [2.45, 2.75) is 51.6 Å². The van der Waals surface area contributed by atoms with Gasteiger partial charge in [-0.2, -0.15) is 0 Å². The number of thiophene rings is 1. The minimum absolute atomic E-state index is 0.224. The third-order valence-electron chi connectivity index (χ3n) is 4.19. The summed E-state index contributed by atoms with van der Waals surface area (Å²) >= 11 is 1.98. The van der Waals surface area contributed by atoms with E-state index in [1.807, 2.05) is 24.6 Å². The molecule has 2 heterocycles. The highest BCUT2D eigenvalue weighted by atomic mass is 32.1. The molecule has 108 valence electrons. The predicted octanol–water partition coefficient (Wildman–Crippen LogP) is 3.54. The SMILES string of the molecule is CCn1ccnc1C(NC)c1cc2c(s1)CCCCC2. The second-order valence-electron chi connectivity index (χ2n) is 5.45. The second kappa shape index (κ2) is 6.10. The van der Waals surface area contributed by atoms with Crippen LogP contribution in [0.4, 0.5) is 0 Å². The molecule has 0 spiro atoms. The number of hydrogen-bond acceptors (Lipinski definition) is 3. The summed E-state index contributed by atoms with van der Waals surface area (Å²) in [6.45, 7) is 3.14. The molecule has 0 radical (unpaired) electrons. The van der Waals surface area contributed by atoms with Crippen LogP contribution < -0.4 is 5.32 Å². The van der Waals surface area contributed by atoms with Crippen LogP contribution in [0.1, 0.15) is 53.4 Å². The van der Waals surface area contributed by atoms with Gasteiger partial charge in [-0.1, -0.05) is 6.42 Å². The lowest BCUT2D eigenvalue weighted by Crippen LogP contribution is -2.20. The Balaban J connectivity index is 1.94. The second-order valence-corrected chi connectivity index (χ2v) is 6.62. The normalized spacial score (nSPS) is 16.7. The Hall–Kier alpha value is -1.13. The van der Waals surface area contributed by atoms with Gasteiger partial charge >= 0.3 is 0 Å². The fraction of sp³-hybridized carbons (Fsp3) is 0.562. The lowest BCUT2D eigenvalue weighted by atomic mass is 10.1. The summed E-state index contributed by atoms with van der Waals surface area (Å²) in [5, 5.41) is 3.45. The zero-order valence-electron chi connectivity index (χ0n) is 12.4. The number of fused-ring (bicyclic) bond motifs is 1. The molecule has 4 heteroatoms. The highest BCUT2D eigenvalue weighted by molar-refractivity contribution is 7.12. The van der Waals surface area contributed by atoms with Crippen molar-refractivity contribution >= 4 is 11.3 Å². The molecule has 0 aromatic carbocycles. The van der Waals surface area contributed by atoms with Crippen LogP contribution in [0, 0.1) is 0 Å². The van der Waals surface area contributed by atoms with Crippen LogP contribution in [0.3, 0.4) is 0 Å². The van der Waals surface area contributed by atoms with E-state index >= 15 is 0 Å². The Morgan fingerprint density at radius 2 is 2.20 bits per heavy atom. The summed E-state index contributed by atoms with van der Waals surface area (Å²) in [5.41, 5.74) is 1.58. The van der Waals surface area contributed by atoms with Gasteiger partial charge in [0, 0.05) is 28.7 Å². The molecule has 2 aromatic rings. The van der Waals surface area contributed by atoms with E-state index in [2.05, 4.69) is 34.1 Å². The van der Waals surface area contributed by atoms with E-state index in [1.54, 1.807) is 10.4 Å². The third kappa shape index (κ3) is 2.54. The number of hydrogen-bond donors (Lipinski definition) is 1. The van der Waals surface area contributed by atoms with E-state index in [0.717, 1.165) is 12.4 Å². The van der Waals surface area contributed by atoms with E-state index in [9.17, 15) is 0 Å². The first-order chi connectivity index (χ1) is 9.83. The van der Waals surface area contributed by atoms with Gasteiger partial charge in [0.05, 0.1) is 0 Å². The average Bonchev–Trinajstić information content (AvgIpc) is 3.02. The van der Waals surface area contributed by atoms with Crippen molar-refractivity contribution in [3.8, 4) is 0 Å². The summed E-state index contributed by atoms with van der Waals surface area (Å²) in [5.74, 6) is 1.13. The summed E-state index contributed by atoms with van der Waals surface area (Å²) in [6.07, 6.45) is 10.6. The number of nitrogens with one attached hydrogen (secondary N) is 1. The molecule has 1 atom stereocenters. The molecule has 3 nitrogen and oxygen atoms in total. The van der Waals surface area contributed by atoms with Crippen molar-refractivity contribution in [2.24, 2.45) is 0 Å². The van der Waals surface area contributed by atoms with Crippen molar-refractivity contribution in [2.75, 3.05) is 7.05 Å². The van der Waals surface area contributed by atoms with E-state index in [1.165, 1.54) is 37.0 Å². The van der Waals surface area contributed by atoms with Crippen molar-refractivity contribution in [3.63, 3.8) is 0 Å². The molecule has 0 amide bonds. The Morgan fingerprint density at radius 3 is 3.00 bits per heavy atom. The molecule has 1 aliphatic carbocycles. The minimum atomic E-state index is 0.224. The maximum Gasteiger partial charge on any atom is 0.131 e. The van der Waals surface area contributed by atoms with Gasteiger partial charge in [0.2, 0.25) is 0 Å². The lowest BCUT2D eigenvalue weighted by Gasteiger charge is -2.15. The number of aromatic nitrogens is 2. The maximum atomic E-state index is 4.57. The molecular weight excluding hydrogens is 266 g/mol. The number of nitrogens with zero attached hydrogens (tertiary/aromatic N) is 2. The maximum absolute atomic E-state index is 4.57. The molecule has 2 aromatic heterocycles. The molecule has 20 heavy (non-hydrogen) atoms. The fourth-order valence-corrected chi connectivity index (χ4v) is 4.45. The van der Waals surface area contributed by atoms with Crippen molar-refractivity contribution < 1.29 is 0 Å². The first kappa shape index (κ1) is 13.8. The van der Waals surface area contributed by atoms with E-state index in [-0.39, 0.29) is 6.04 Å². The average molecular weight is 289 g/mol. The lowest BCUT2D eigenvalue weighted by molar-refractivity contribution is 0.596. The molecule has 1 unspecified atom stereocenters. The van der Waals surface area contributed by atoms with Crippen LogP contribution in [0.25, 0.3) is 0 Å². The van der Waals surface area contributed by atoms with Crippen LogP contribution in [0.15, 0.2) is 18.5 Å². The van der Waals surface area contributed by atoms with Gasteiger partial charge in [-0.05, 0) is 51.3 Å². The van der Waals surface area contributed by atoms with Crippen molar-refractivity contribution in [1.82, 2.24) is 14.9 Å². The zero-order chi connectivity index (χ0) is 13.9. The standard InChI is InChI=1S/C16H23N3S/c1-3-19-10-9-18-16(19)15(17-2)14-11-12-7-5-4-6-8-13(12)20-14/h9-11,15,17H,3-8H2,1-2H3. The van der Waals surface area contributed by atoms with Crippen LogP contribution in [0.5, 0.6) is 0 Å². The molecule has 1 aliphatic rings. The minimum Gasteiger partial charge on any atom is -0.334 e. The van der Waals surface area contributed by atoms with Crippen LogP contribution in [0.2, 0.25) is 0 Å². The molecular formula is C16H23N3S. The summed E-state index contributed by atoms with van der Waals surface area (Å²) in [4.78, 5) is 7.59. The topological polar surface area (TPSA) is 29.9 Å². The van der Waals surface area contributed by atoms with Crippen molar-refractivity contribution in [3.05, 3.63) is 39.6 Å². The van der Waals surface area contributed by atoms with E-state index < -0.39 is 0 Å². The summed E-state index contributed by atoms with van der Waals surface area (Å²) in [7, 11) is 2.03. The Morgan fingerprint density at radius 1 is 1.35 bits per heavy atom. The molecule has 0 bridgehead atoms. The summed E-state index contributed by atoms with van der Waals surface area (Å²) < 4.78 is 2.23. The quantitative estimate of drug-likeness (QED) is 0.873. The fourth-order valence-electron chi connectivity index (χ4n) is 3.08. The Bertz CT molecular complexity index is 547. The number of aryl methyl sites for hydroxylation is 3. The largest absolute Gasteiger partial charge is 0.334 e. The Kier molecular flexibility index (Phi) is 4.22. The van der Waals surface area contributed by atoms with Gasteiger partial charge in [-0.15, -0.1) is 11.3 Å². The van der Waals surface area contributed by atoms with E-state index in [4.69, 9.17) is 0 Å². The monoisotopic (exact) mass is 289 g/mol. The van der Waals surface area contributed by atoms with Gasteiger partial charge in [0.15, 0.2) is 0 Å². The molecule has 0 fully saturated rings.